The molecule has 3 aromatic carbocycles. The maximum absolute atomic E-state index is 12.7. The molecule has 35 heavy (non-hydrogen) atoms. The summed E-state index contributed by atoms with van der Waals surface area (Å²) in [6.07, 6.45) is 0.283. The molecule has 7 heteroatoms. The Hall–Kier alpha value is -3.68. The van der Waals surface area contributed by atoms with Gasteiger partial charge < -0.3 is 20.1 Å². The predicted molar refractivity (Wildman–Crippen MR) is 136 cm³/mol. The van der Waals surface area contributed by atoms with Gasteiger partial charge in [0, 0.05) is 37.4 Å². The van der Waals surface area contributed by atoms with Gasteiger partial charge in [-0.15, -0.1) is 0 Å². The van der Waals surface area contributed by atoms with Crippen LogP contribution < -0.4 is 15.4 Å². The molecule has 0 bridgehead atoms. The Kier molecular flexibility index (Phi) is 8.86. The quantitative estimate of drug-likeness (QED) is 0.471. The van der Waals surface area contributed by atoms with E-state index in [9.17, 15) is 9.59 Å². The number of nitrogens with zero attached hydrogens (tertiary/aromatic N) is 1. The smallest absolute Gasteiger partial charge is 0.255 e. The number of ether oxygens (including phenoxy) is 2. The highest BCUT2D eigenvalue weighted by atomic mass is 16.5. The first-order valence-corrected chi connectivity index (χ1v) is 11.9. The van der Waals surface area contributed by atoms with Gasteiger partial charge in [-0.25, -0.2) is 0 Å². The lowest BCUT2D eigenvalue weighted by Gasteiger charge is -2.26. The standard InChI is InChI=1S/C28H31N3O4/c32-27(29-21-23-5-2-1-3-6-23)19-22-9-11-25(12-10-22)30-28(33)24-7-4-8-26(20-24)35-18-15-31-13-16-34-17-14-31/h1-12,20H,13-19,21H2,(H,29,32)(H,30,33). The number of morpholine rings is 1. The summed E-state index contributed by atoms with van der Waals surface area (Å²) in [6.45, 7) is 5.26. The van der Waals surface area contributed by atoms with Crippen LogP contribution in [0.1, 0.15) is 21.5 Å². The number of rotatable bonds is 10. The Bertz CT molecular complexity index is 1100. The first kappa shape index (κ1) is 24.4. The second-order valence-corrected chi connectivity index (χ2v) is 8.42. The average molecular weight is 474 g/mol. The van der Waals surface area contributed by atoms with Crippen molar-refractivity contribution >= 4 is 17.5 Å². The number of carbonyl (C=O) groups is 2. The van der Waals surface area contributed by atoms with Crippen LogP contribution in [0.2, 0.25) is 0 Å². The summed E-state index contributed by atoms with van der Waals surface area (Å²) in [4.78, 5) is 27.2. The molecule has 0 radical (unpaired) electrons. The van der Waals surface area contributed by atoms with Crippen LogP contribution in [-0.4, -0.2) is 56.2 Å². The van der Waals surface area contributed by atoms with Crippen molar-refractivity contribution in [1.82, 2.24) is 10.2 Å². The first-order valence-electron chi connectivity index (χ1n) is 11.9. The van der Waals surface area contributed by atoms with Crippen molar-refractivity contribution in [2.75, 3.05) is 44.8 Å². The third kappa shape index (κ3) is 7.95. The fourth-order valence-electron chi connectivity index (χ4n) is 3.80. The number of hydrogen-bond acceptors (Lipinski definition) is 5. The lowest BCUT2D eigenvalue weighted by atomic mass is 10.1. The number of amides is 2. The third-order valence-electron chi connectivity index (χ3n) is 5.79. The summed E-state index contributed by atoms with van der Waals surface area (Å²) in [7, 11) is 0. The molecule has 0 saturated carbocycles. The van der Waals surface area contributed by atoms with Crippen molar-refractivity contribution in [1.29, 1.82) is 0 Å². The summed E-state index contributed by atoms with van der Waals surface area (Å²) in [5.74, 6) is 0.413. The average Bonchev–Trinajstić information content (AvgIpc) is 2.90. The van der Waals surface area contributed by atoms with Crippen molar-refractivity contribution < 1.29 is 19.1 Å². The minimum absolute atomic E-state index is 0.0453. The zero-order valence-electron chi connectivity index (χ0n) is 19.7. The molecule has 1 aliphatic rings. The van der Waals surface area contributed by atoms with Gasteiger partial charge in [0.05, 0.1) is 19.6 Å². The molecule has 0 atom stereocenters. The van der Waals surface area contributed by atoms with Gasteiger partial charge in [-0.1, -0.05) is 48.5 Å². The van der Waals surface area contributed by atoms with Gasteiger partial charge in [0.25, 0.3) is 5.91 Å². The molecule has 0 unspecified atom stereocenters. The van der Waals surface area contributed by atoms with Crippen molar-refractivity contribution in [2.45, 2.75) is 13.0 Å². The van der Waals surface area contributed by atoms with Crippen LogP contribution in [0.25, 0.3) is 0 Å². The molecule has 7 nitrogen and oxygen atoms in total. The fourth-order valence-corrected chi connectivity index (χ4v) is 3.80. The van der Waals surface area contributed by atoms with E-state index in [1.165, 1.54) is 0 Å². The molecular formula is C28H31N3O4. The van der Waals surface area contributed by atoms with E-state index in [4.69, 9.17) is 9.47 Å². The maximum atomic E-state index is 12.7. The lowest BCUT2D eigenvalue weighted by molar-refractivity contribution is -0.120. The van der Waals surface area contributed by atoms with Crippen LogP contribution in [-0.2, 0) is 22.5 Å². The Morgan fingerprint density at radius 2 is 1.66 bits per heavy atom. The molecule has 0 spiro atoms. The highest BCUT2D eigenvalue weighted by molar-refractivity contribution is 6.04. The predicted octanol–water partition coefficient (Wildman–Crippen LogP) is 3.51. The Balaban J connectivity index is 1.23. The molecule has 0 aliphatic carbocycles. The molecule has 1 aliphatic heterocycles. The molecule has 3 aromatic rings. The third-order valence-corrected chi connectivity index (χ3v) is 5.79. The van der Waals surface area contributed by atoms with Crippen molar-refractivity contribution in [3.63, 3.8) is 0 Å². The Morgan fingerprint density at radius 3 is 2.43 bits per heavy atom. The minimum Gasteiger partial charge on any atom is -0.492 e. The second-order valence-electron chi connectivity index (χ2n) is 8.42. The van der Waals surface area contributed by atoms with E-state index in [0.717, 1.165) is 44.0 Å². The molecule has 4 rings (SSSR count). The Morgan fingerprint density at radius 1 is 0.886 bits per heavy atom. The van der Waals surface area contributed by atoms with E-state index in [2.05, 4.69) is 15.5 Å². The van der Waals surface area contributed by atoms with Crippen molar-refractivity contribution in [2.24, 2.45) is 0 Å². The molecule has 2 N–H and O–H groups in total. The number of nitrogens with one attached hydrogen (secondary N) is 2. The van der Waals surface area contributed by atoms with Gasteiger partial charge in [0.2, 0.25) is 5.91 Å². The van der Waals surface area contributed by atoms with E-state index in [-0.39, 0.29) is 18.2 Å². The van der Waals surface area contributed by atoms with Crippen molar-refractivity contribution in [3.05, 3.63) is 95.6 Å². The fraction of sp³-hybridized carbons (Fsp3) is 0.286. The van der Waals surface area contributed by atoms with Crippen LogP contribution in [0.15, 0.2) is 78.9 Å². The van der Waals surface area contributed by atoms with Gasteiger partial charge in [-0.2, -0.15) is 0 Å². The SMILES string of the molecule is O=C(Cc1ccc(NC(=O)c2cccc(OCCN3CCOCC3)c2)cc1)NCc1ccccc1. The molecule has 1 saturated heterocycles. The van der Waals surface area contributed by atoms with Gasteiger partial charge >= 0.3 is 0 Å². The second kappa shape index (κ2) is 12.7. The largest absolute Gasteiger partial charge is 0.492 e. The maximum Gasteiger partial charge on any atom is 0.255 e. The number of carbonyl (C=O) groups excluding carboxylic acids is 2. The van der Waals surface area contributed by atoms with Crippen LogP contribution in [0.3, 0.4) is 0 Å². The summed E-state index contributed by atoms with van der Waals surface area (Å²) in [5, 5.41) is 5.83. The normalized spacial score (nSPS) is 13.7. The molecule has 1 heterocycles. The molecule has 1 fully saturated rings. The van der Waals surface area contributed by atoms with Crippen LogP contribution in [0, 0.1) is 0 Å². The summed E-state index contributed by atoms with van der Waals surface area (Å²) in [5.41, 5.74) is 3.13. The molecule has 0 aromatic heterocycles. The van der Waals surface area contributed by atoms with Gasteiger partial charge in [0.15, 0.2) is 0 Å². The van der Waals surface area contributed by atoms with E-state index in [1.807, 2.05) is 54.6 Å². The van der Waals surface area contributed by atoms with Gasteiger partial charge in [0.1, 0.15) is 12.4 Å². The molecule has 2 amide bonds. The monoisotopic (exact) mass is 473 g/mol. The minimum atomic E-state index is -0.211. The van der Waals surface area contributed by atoms with Crippen LogP contribution in [0.4, 0.5) is 5.69 Å². The number of anilines is 1. The van der Waals surface area contributed by atoms with E-state index >= 15 is 0 Å². The number of benzene rings is 3. The number of hydrogen-bond donors (Lipinski definition) is 2. The Labute approximate surface area is 206 Å². The summed E-state index contributed by atoms with van der Waals surface area (Å²) in [6, 6.07) is 24.3. The zero-order valence-corrected chi connectivity index (χ0v) is 19.7. The van der Waals surface area contributed by atoms with Crippen LogP contribution in [0.5, 0.6) is 5.75 Å². The van der Waals surface area contributed by atoms with Gasteiger partial charge in [-0.05, 0) is 41.5 Å². The summed E-state index contributed by atoms with van der Waals surface area (Å²) < 4.78 is 11.2. The highest BCUT2D eigenvalue weighted by Gasteiger charge is 2.11. The van der Waals surface area contributed by atoms with Crippen molar-refractivity contribution in [3.8, 4) is 5.75 Å². The van der Waals surface area contributed by atoms with Crippen LogP contribution >= 0.6 is 0 Å². The molecule has 182 valence electrons. The summed E-state index contributed by atoms with van der Waals surface area (Å²) >= 11 is 0. The van der Waals surface area contributed by atoms with E-state index in [1.54, 1.807) is 24.3 Å². The topological polar surface area (TPSA) is 79.9 Å². The van der Waals surface area contributed by atoms with Gasteiger partial charge in [-0.3, -0.25) is 14.5 Å². The zero-order chi connectivity index (χ0) is 24.3. The molecular weight excluding hydrogens is 442 g/mol. The van der Waals surface area contributed by atoms with E-state index < -0.39 is 0 Å². The lowest BCUT2D eigenvalue weighted by Crippen LogP contribution is -2.38. The van der Waals surface area contributed by atoms with E-state index in [0.29, 0.717) is 30.2 Å². The highest BCUT2D eigenvalue weighted by Crippen LogP contribution is 2.16. The first-order chi connectivity index (χ1) is 17.2.